The highest BCUT2D eigenvalue weighted by Crippen LogP contribution is 2.21. The van der Waals surface area contributed by atoms with Crippen LogP contribution in [0.1, 0.15) is 5.76 Å². The molecule has 1 aromatic carbocycles. The van der Waals surface area contributed by atoms with Gasteiger partial charge in [-0.25, -0.2) is 0 Å². The first kappa shape index (κ1) is 12.7. The van der Waals surface area contributed by atoms with Crippen LogP contribution in [0.5, 0.6) is 0 Å². The Morgan fingerprint density at radius 2 is 2.17 bits per heavy atom. The number of hydrogen-bond donors (Lipinski definition) is 1. The number of hydrogen-bond acceptors (Lipinski definition) is 3. The normalized spacial score (nSPS) is 10.3. The summed E-state index contributed by atoms with van der Waals surface area (Å²) in [6, 6.07) is 11.1. The summed E-state index contributed by atoms with van der Waals surface area (Å²) in [5.41, 5.74) is 0.836. The Kier molecular flexibility index (Phi) is 4.04. The quantitative estimate of drug-likeness (QED) is 0.922. The van der Waals surface area contributed by atoms with Crippen LogP contribution in [-0.2, 0) is 11.3 Å². The van der Waals surface area contributed by atoms with Crippen molar-refractivity contribution in [1.82, 2.24) is 0 Å². The maximum absolute atomic E-state index is 10.9. The van der Waals surface area contributed by atoms with Crippen LogP contribution in [0.25, 0.3) is 0 Å². The highest BCUT2D eigenvalue weighted by atomic mass is 79.9. The summed E-state index contributed by atoms with van der Waals surface area (Å²) in [6.07, 6.45) is 1.58. The van der Waals surface area contributed by atoms with Gasteiger partial charge < -0.3 is 14.4 Å². The number of aliphatic carboxylic acids is 1. The van der Waals surface area contributed by atoms with Crippen molar-refractivity contribution in [3.63, 3.8) is 0 Å². The van der Waals surface area contributed by atoms with Crippen molar-refractivity contribution < 1.29 is 14.3 Å². The number of anilines is 1. The molecule has 1 heterocycles. The zero-order valence-electron chi connectivity index (χ0n) is 9.54. The molecule has 4 nitrogen and oxygen atoms in total. The minimum Gasteiger partial charge on any atom is -0.480 e. The van der Waals surface area contributed by atoms with E-state index in [-0.39, 0.29) is 6.54 Å². The maximum atomic E-state index is 10.9. The van der Waals surface area contributed by atoms with E-state index < -0.39 is 5.97 Å². The van der Waals surface area contributed by atoms with Crippen LogP contribution in [0.4, 0.5) is 5.69 Å². The molecule has 0 spiro atoms. The van der Waals surface area contributed by atoms with Gasteiger partial charge in [0.2, 0.25) is 0 Å². The number of carbonyl (C=O) groups is 1. The predicted molar refractivity (Wildman–Crippen MR) is 71.5 cm³/mol. The fourth-order valence-electron chi connectivity index (χ4n) is 1.67. The molecule has 2 aromatic rings. The molecule has 0 saturated carbocycles. The lowest BCUT2D eigenvalue weighted by atomic mass is 10.2. The molecule has 0 unspecified atom stereocenters. The first-order valence-electron chi connectivity index (χ1n) is 5.40. The van der Waals surface area contributed by atoms with E-state index in [0.717, 1.165) is 15.9 Å². The smallest absolute Gasteiger partial charge is 0.323 e. The maximum Gasteiger partial charge on any atom is 0.323 e. The number of furan rings is 1. The van der Waals surface area contributed by atoms with Gasteiger partial charge in [0.15, 0.2) is 0 Å². The van der Waals surface area contributed by atoms with Gasteiger partial charge in [-0.3, -0.25) is 4.79 Å². The molecular formula is C13H12BrNO3. The van der Waals surface area contributed by atoms with Crippen molar-refractivity contribution in [2.24, 2.45) is 0 Å². The largest absolute Gasteiger partial charge is 0.480 e. The van der Waals surface area contributed by atoms with Gasteiger partial charge in [0.1, 0.15) is 12.3 Å². The Balaban J connectivity index is 2.21. The number of carboxylic acids is 1. The average molecular weight is 310 g/mol. The van der Waals surface area contributed by atoms with Gasteiger partial charge in [0, 0.05) is 10.2 Å². The molecule has 0 aliphatic carbocycles. The summed E-state index contributed by atoms with van der Waals surface area (Å²) < 4.78 is 6.16. The minimum absolute atomic E-state index is 0.0723. The van der Waals surface area contributed by atoms with E-state index >= 15 is 0 Å². The second-order valence-electron chi connectivity index (χ2n) is 3.81. The summed E-state index contributed by atoms with van der Waals surface area (Å²) >= 11 is 3.38. The van der Waals surface area contributed by atoms with Crippen molar-refractivity contribution >= 4 is 27.6 Å². The molecule has 0 amide bonds. The molecule has 1 N–H and O–H groups in total. The molecule has 94 valence electrons. The fraction of sp³-hybridized carbons (Fsp3) is 0.154. The lowest BCUT2D eigenvalue weighted by Crippen LogP contribution is -2.28. The van der Waals surface area contributed by atoms with Crippen molar-refractivity contribution in [1.29, 1.82) is 0 Å². The molecule has 0 saturated heterocycles. The van der Waals surface area contributed by atoms with Gasteiger partial charge >= 0.3 is 5.97 Å². The van der Waals surface area contributed by atoms with Crippen LogP contribution in [0, 0.1) is 0 Å². The molecule has 0 aliphatic heterocycles. The zero-order chi connectivity index (χ0) is 13.0. The number of rotatable bonds is 5. The predicted octanol–water partition coefficient (Wildman–Crippen LogP) is 3.13. The lowest BCUT2D eigenvalue weighted by molar-refractivity contribution is -0.135. The van der Waals surface area contributed by atoms with Crippen molar-refractivity contribution in [3.8, 4) is 0 Å². The van der Waals surface area contributed by atoms with E-state index in [4.69, 9.17) is 9.52 Å². The third kappa shape index (κ3) is 3.37. The Morgan fingerprint density at radius 1 is 1.33 bits per heavy atom. The lowest BCUT2D eigenvalue weighted by Gasteiger charge is -2.21. The van der Waals surface area contributed by atoms with Crippen molar-refractivity contribution in [2.75, 3.05) is 11.4 Å². The van der Waals surface area contributed by atoms with Crippen molar-refractivity contribution in [2.45, 2.75) is 6.54 Å². The Labute approximate surface area is 113 Å². The van der Waals surface area contributed by atoms with Crippen LogP contribution in [-0.4, -0.2) is 17.6 Å². The van der Waals surface area contributed by atoms with Crippen LogP contribution < -0.4 is 4.90 Å². The first-order valence-corrected chi connectivity index (χ1v) is 6.19. The van der Waals surface area contributed by atoms with E-state index in [0.29, 0.717) is 6.54 Å². The minimum atomic E-state index is -0.874. The van der Waals surface area contributed by atoms with Crippen LogP contribution in [0.3, 0.4) is 0 Å². The molecule has 0 bridgehead atoms. The van der Waals surface area contributed by atoms with E-state index in [1.54, 1.807) is 17.2 Å². The second-order valence-corrected chi connectivity index (χ2v) is 4.72. The van der Waals surface area contributed by atoms with Gasteiger partial charge in [-0.1, -0.05) is 22.0 Å². The standard InChI is InChI=1S/C13H12BrNO3/c14-10-3-1-4-11(7-10)15(9-13(16)17)8-12-5-2-6-18-12/h1-7H,8-9H2,(H,16,17). The Hall–Kier alpha value is -1.75. The number of halogens is 1. The molecule has 1 aromatic heterocycles. The molecule has 0 fully saturated rings. The van der Waals surface area contributed by atoms with Crippen LogP contribution >= 0.6 is 15.9 Å². The number of carboxylic acid groups (broad SMARTS) is 1. The van der Waals surface area contributed by atoms with Gasteiger partial charge in [-0.2, -0.15) is 0 Å². The van der Waals surface area contributed by atoms with Gasteiger partial charge in [0.05, 0.1) is 12.8 Å². The Morgan fingerprint density at radius 3 is 2.78 bits per heavy atom. The molecule has 0 atom stereocenters. The first-order chi connectivity index (χ1) is 8.65. The molecule has 2 rings (SSSR count). The molecule has 0 aliphatic rings. The second kappa shape index (κ2) is 5.73. The average Bonchev–Trinajstić information content (AvgIpc) is 2.80. The van der Waals surface area contributed by atoms with E-state index in [1.165, 1.54) is 0 Å². The summed E-state index contributed by atoms with van der Waals surface area (Å²) in [7, 11) is 0. The molecule has 5 heteroatoms. The monoisotopic (exact) mass is 309 g/mol. The summed E-state index contributed by atoms with van der Waals surface area (Å²) in [5, 5.41) is 8.96. The molecule has 18 heavy (non-hydrogen) atoms. The van der Waals surface area contributed by atoms with E-state index in [1.807, 2.05) is 30.3 Å². The third-order valence-electron chi connectivity index (χ3n) is 2.43. The van der Waals surface area contributed by atoms with Gasteiger partial charge in [-0.05, 0) is 30.3 Å². The summed E-state index contributed by atoms with van der Waals surface area (Å²) in [4.78, 5) is 12.7. The topological polar surface area (TPSA) is 53.7 Å². The summed E-state index contributed by atoms with van der Waals surface area (Å²) in [6.45, 7) is 0.354. The van der Waals surface area contributed by atoms with Crippen LogP contribution in [0.2, 0.25) is 0 Å². The van der Waals surface area contributed by atoms with E-state index in [9.17, 15) is 4.79 Å². The highest BCUT2D eigenvalue weighted by Gasteiger charge is 2.12. The zero-order valence-corrected chi connectivity index (χ0v) is 11.1. The SMILES string of the molecule is O=C(O)CN(Cc1ccco1)c1cccc(Br)c1. The van der Waals surface area contributed by atoms with Crippen molar-refractivity contribution in [3.05, 3.63) is 52.9 Å². The molecule has 0 radical (unpaired) electrons. The number of benzene rings is 1. The van der Waals surface area contributed by atoms with Crippen LogP contribution in [0.15, 0.2) is 51.6 Å². The Bertz CT molecular complexity index is 525. The van der Waals surface area contributed by atoms with Gasteiger partial charge in [-0.15, -0.1) is 0 Å². The summed E-state index contributed by atoms with van der Waals surface area (Å²) in [5.74, 6) is -0.141. The number of nitrogens with zero attached hydrogens (tertiary/aromatic N) is 1. The van der Waals surface area contributed by atoms with Gasteiger partial charge in [0.25, 0.3) is 0 Å². The van der Waals surface area contributed by atoms with E-state index in [2.05, 4.69) is 15.9 Å². The highest BCUT2D eigenvalue weighted by molar-refractivity contribution is 9.10. The molecular weight excluding hydrogens is 298 g/mol. The third-order valence-corrected chi connectivity index (χ3v) is 2.92. The fourth-order valence-corrected chi connectivity index (χ4v) is 2.05.